The van der Waals surface area contributed by atoms with Gasteiger partial charge in [0.25, 0.3) is 0 Å². The minimum absolute atomic E-state index is 0.163. The fraction of sp³-hybridized carbons (Fsp3) is 0.364. The predicted octanol–water partition coefficient (Wildman–Crippen LogP) is 5.26. The topological polar surface area (TPSA) is 76.1 Å². The van der Waals surface area contributed by atoms with Crippen molar-refractivity contribution in [2.45, 2.75) is 25.8 Å². The van der Waals surface area contributed by atoms with Crippen LogP contribution in [0.15, 0.2) is 36.5 Å². The van der Waals surface area contributed by atoms with Crippen LogP contribution in [0.3, 0.4) is 0 Å². The number of ether oxygens (including phenoxy) is 5. The van der Waals surface area contributed by atoms with Crippen molar-refractivity contribution in [1.29, 1.82) is 0 Å². The second-order valence-electron chi connectivity index (χ2n) is 6.70. The highest BCUT2D eigenvalue weighted by molar-refractivity contribution is 6.31. The summed E-state index contributed by atoms with van der Waals surface area (Å²) in [6, 6.07) is 5.49. The smallest absolute Gasteiger partial charge is 0.417 e. The number of esters is 1. The minimum Gasteiger partial charge on any atom is -0.493 e. The molecule has 0 atom stereocenters. The third-order valence-electron chi connectivity index (χ3n) is 4.33. The van der Waals surface area contributed by atoms with E-state index in [1.807, 2.05) is 0 Å². The van der Waals surface area contributed by atoms with E-state index < -0.39 is 17.7 Å². The molecule has 0 spiro atoms. The van der Waals surface area contributed by atoms with E-state index in [0.717, 1.165) is 6.07 Å². The molecule has 11 heteroatoms. The molecule has 0 aliphatic carbocycles. The van der Waals surface area contributed by atoms with Crippen LogP contribution in [0.5, 0.6) is 17.4 Å². The van der Waals surface area contributed by atoms with Gasteiger partial charge in [0.05, 0.1) is 32.0 Å². The Morgan fingerprint density at radius 3 is 2.70 bits per heavy atom. The van der Waals surface area contributed by atoms with E-state index in [0.29, 0.717) is 43.8 Å². The molecule has 1 saturated heterocycles. The molecule has 1 aliphatic rings. The molecule has 0 N–H and O–H groups in total. The third kappa shape index (κ3) is 7.34. The van der Waals surface area contributed by atoms with E-state index in [-0.39, 0.29) is 29.5 Å². The second-order valence-corrected chi connectivity index (χ2v) is 7.11. The maximum atomic E-state index is 12.9. The van der Waals surface area contributed by atoms with Crippen LogP contribution in [0.4, 0.5) is 13.2 Å². The van der Waals surface area contributed by atoms with Gasteiger partial charge < -0.3 is 23.7 Å². The Balaban J connectivity index is 1.81. The molecule has 1 aromatic carbocycles. The van der Waals surface area contributed by atoms with Crippen molar-refractivity contribution in [3.05, 3.63) is 52.7 Å². The highest BCUT2D eigenvalue weighted by Gasteiger charge is 2.32. The number of aromatic nitrogens is 1. The van der Waals surface area contributed by atoms with Gasteiger partial charge in [0.2, 0.25) is 5.88 Å². The first-order valence-electron chi connectivity index (χ1n) is 10.0. The molecule has 0 radical (unpaired) electrons. The number of carbonyl (C=O) groups excluding carboxylic acids is 1. The number of hydrogen-bond acceptors (Lipinski definition) is 7. The fourth-order valence-electron chi connectivity index (χ4n) is 2.79. The van der Waals surface area contributed by atoms with Gasteiger partial charge in [0, 0.05) is 30.3 Å². The summed E-state index contributed by atoms with van der Waals surface area (Å²) >= 11 is 5.96. The van der Waals surface area contributed by atoms with Gasteiger partial charge in [-0.2, -0.15) is 13.2 Å². The lowest BCUT2D eigenvalue weighted by Gasteiger charge is -2.14. The first kappa shape index (κ1) is 24.8. The third-order valence-corrected chi connectivity index (χ3v) is 4.60. The number of halogens is 4. The van der Waals surface area contributed by atoms with Crippen molar-refractivity contribution in [3.8, 4) is 17.4 Å². The number of pyridine rings is 1. The molecule has 0 bridgehead atoms. The SMILES string of the molecule is CCOC(=O)C=Cc1ccc(OCCC2OCCO2)cc1Oc1ncc(C(F)(F)F)cc1Cl. The average Bonchev–Trinajstić information content (AvgIpc) is 3.27. The zero-order valence-corrected chi connectivity index (χ0v) is 18.3. The quantitative estimate of drug-likeness (QED) is 0.352. The minimum atomic E-state index is -4.59. The van der Waals surface area contributed by atoms with E-state index in [2.05, 4.69) is 4.98 Å². The Hall–Kier alpha value is -2.82. The number of hydrogen-bond donors (Lipinski definition) is 0. The molecule has 1 aliphatic heterocycles. The predicted molar refractivity (Wildman–Crippen MR) is 112 cm³/mol. The van der Waals surface area contributed by atoms with Crippen molar-refractivity contribution >= 4 is 23.6 Å². The molecule has 7 nitrogen and oxygen atoms in total. The van der Waals surface area contributed by atoms with Crippen LogP contribution >= 0.6 is 11.6 Å². The largest absolute Gasteiger partial charge is 0.493 e. The van der Waals surface area contributed by atoms with E-state index >= 15 is 0 Å². The van der Waals surface area contributed by atoms with Crippen molar-refractivity contribution in [3.63, 3.8) is 0 Å². The first-order valence-corrected chi connectivity index (χ1v) is 10.4. The number of alkyl halides is 3. The molecule has 33 heavy (non-hydrogen) atoms. The van der Waals surface area contributed by atoms with Crippen molar-refractivity contribution < 1.29 is 41.7 Å². The van der Waals surface area contributed by atoms with E-state index in [1.54, 1.807) is 19.1 Å². The Morgan fingerprint density at radius 2 is 2.03 bits per heavy atom. The molecule has 3 rings (SSSR count). The lowest BCUT2D eigenvalue weighted by molar-refractivity contribution is -0.138. The Bertz CT molecular complexity index is 993. The summed E-state index contributed by atoms with van der Waals surface area (Å²) in [7, 11) is 0. The van der Waals surface area contributed by atoms with Crippen LogP contribution in [-0.2, 0) is 25.2 Å². The molecule has 1 fully saturated rings. The number of carbonyl (C=O) groups is 1. The maximum absolute atomic E-state index is 12.9. The van der Waals surface area contributed by atoms with Crippen LogP contribution in [0.1, 0.15) is 24.5 Å². The Morgan fingerprint density at radius 1 is 1.27 bits per heavy atom. The molecule has 1 aromatic heterocycles. The Kier molecular flexibility index (Phi) is 8.54. The number of rotatable bonds is 9. The number of benzene rings is 1. The highest BCUT2D eigenvalue weighted by Crippen LogP contribution is 2.36. The fourth-order valence-corrected chi connectivity index (χ4v) is 2.99. The normalized spacial score (nSPS) is 14.6. The molecule has 0 amide bonds. The summed E-state index contributed by atoms with van der Waals surface area (Å²) in [5, 5.41) is -0.327. The van der Waals surface area contributed by atoms with Crippen molar-refractivity contribution in [1.82, 2.24) is 4.98 Å². The zero-order valence-electron chi connectivity index (χ0n) is 17.6. The summed E-state index contributed by atoms with van der Waals surface area (Å²) in [4.78, 5) is 15.4. The molecule has 178 valence electrons. The molecule has 2 aromatic rings. The van der Waals surface area contributed by atoms with Gasteiger partial charge in [0.1, 0.15) is 16.5 Å². The van der Waals surface area contributed by atoms with Crippen LogP contribution in [0.25, 0.3) is 6.08 Å². The van der Waals surface area contributed by atoms with Crippen molar-refractivity contribution in [2.24, 2.45) is 0 Å². The van der Waals surface area contributed by atoms with Crippen LogP contribution < -0.4 is 9.47 Å². The summed E-state index contributed by atoms with van der Waals surface area (Å²) in [6.45, 7) is 3.24. The maximum Gasteiger partial charge on any atom is 0.417 e. The van der Waals surface area contributed by atoms with Crippen LogP contribution in [0.2, 0.25) is 5.02 Å². The molecular weight excluding hydrogens is 467 g/mol. The lowest BCUT2D eigenvalue weighted by Crippen LogP contribution is -2.12. The van der Waals surface area contributed by atoms with Gasteiger partial charge >= 0.3 is 12.1 Å². The summed E-state index contributed by atoms with van der Waals surface area (Å²) in [5.41, 5.74) is -0.577. The van der Waals surface area contributed by atoms with E-state index in [4.69, 9.17) is 35.3 Å². The standard InChI is InChI=1S/C22H21ClF3NO6/c1-2-29-19(28)6-4-14-3-5-16(30-8-7-20-31-9-10-32-20)12-18(14)33-21-17(23)11-15(13-27-21)22(24,25)26/h3-6,11-13,20H,2,7-10H2,1H3. The Labute approximate surface area is 193 Å². The molecule has 2 heterocycles. The number of nitrogens with zero attached hydrogens (tertiary/aromatic N) is 1. The highest BCUT2D eigenvalue weighted by atomic mass is 35.5. The lowest BCUT2D eigenvalue weighted by atomic mass is 10.1. The van der Waals surface area contributed by atoms with Crippen LogP contribution in [-0.4, -0.2) is 43.7 Å². The first-order chi connectivity index (χ1) is 15.8. The van der Waals surface area contributed by atoms with Gasteiger partial charge in [-0.15, -0.1) is 0 Å². The summed E-state index contributed by atoms with van der Waals surface area (Å²) < 4.78 is 65.6. The average molecular weight is 488 g/mol. The second kappa shape index (κ2) is 11.4. The molecule has 0 saturated carbocycles. The van der Waals surface area contributed by atoms with Gasteiger partial charge in [0.15, 0.2) is 6.29 Å². The van der Waals surface area contributed by atoms with E-state index in [1.165, 1.54) is 18.2 Å². The monoisotopic (exact) mass is 487 g/mol. The van der Waals surface area contributed by atoms with Gasteiger partial charge in [-0.1, -0.05) is 11.6 Å². The van der Waals surface area contributed by atoms with Gasteiger partial charge in [-0.05, 0) is 31.2 Å². The van der Waals surface area contributed by atoms with E-state index in [9.17, 15) is 18.0 Å². The molecular formula is C22H21ClF3NO6. The van der Waals surface area contributed by atoms with Crippen LogP contribution in [0, 0.1) is 0 Å². The van der Waals surface area contributed by atoms with Gasteiger partial charge in [-0.25, -0.2) is 9.78 Å². The van der Waals surface area contributed by atoms with Gasteiger partial charge in [-0.3, -0.25) is 0 Å². The summed E-state index contributed by atoms with van der Waals surface area (Å²) in [5.74, 6) is -0.221. The molecule has 0 unspecified atom stereocenters. The zero-order chi connectivity index (χ0) is 23.8. The van der Waals surface area contributed by atoms with Crippen molar-refractivity contribution in [2.75, 3.05) is 26.4 Å². The summed E-state index contributed by atoms with van der Waals surface area (Å²) in [6.07, 6.45) is -1.16.